The Morgan fingerprint density at radius 2 is 1.76 bits per heavy atom. The van der Waals surface area contributed by atoms with Crippen LogP contribution in [0.3, 0.4) is 0 Å². The van der Waals surface area contributed by atoms with Gasteiger partial charge in [0.15, 0.2) is 5.95 Å². The van der Waals surface area contributed by atoms with Gasteiger partial charge < -0.3 is 25.0 Å². The fourth-order valence-corrected chi connectivity index (χ4v) is 5.66. The maximum Gasteiger partial charge on any atom is 0.341 e. The lowest BCUT2D eigenvalue weighted by atomic mass is 10.1. The lowest BCUT2D eigenvalue weighted by molar-refractivity contribution is -0.705. The minimum atomic E-state index is -0.730. The lowest BCUT2D eigenvalue weighted by Gasteiger charge is -2.13. The monoisotopic (exact) mass is 552 g/mol. The number of anilines is 2. The molecule has 0 saturated heterocycles. The molecule has 0 fully saturated rings. The normalized spacial score (nSPS) is 11.6. The van der Waals surface area contributed by atoms with E-state index in [9.17, 15) is 19.5 Å². The number of aromatic nitrogens is 2. The van der Waals surface area contributed by atoms with Crippen LogP contribution >= 0.6 is 23.1 Å². The van der Waals surface area contributed by atoms with E-state index >= 15 is 0 Å². The zero-order valence-electron chi connectivity index (χ0n) is 20.7. The third kappa shape index (κ3) is 5.71. The van der Waals surface area contributed by atoms with Gasteiger partial charge in [-0.15, -0.1) is 11.3 Å². The highest BCUT2D eigenvalue weighted by atomic mass is 32.2. The SMILES string of the molecule is CCC(Sc1c([O-])on[n+]1-c1ccccc1)C(=O)Nc1sc(C(=O)Nc2ccccc2)c(C)c1C(=O)OC. The molecule has 2 aromatic carbocycles. The summed E-state index contributed by atoms with van der Waals surface area (Å²) in [5.41, 5.74) is 1.67. The van der Waals surface area contributed by atoms with Gasteiger partial charge in [0, 0.05) is 17.8 Å². The number of hydrogen-bond acceptors (Lipinski definition) is 9. The van der Waals surface area contributed by atoms with Crippen molar-refractivity contribution in [1.29, 1.82) is 0 Å². The van der Waals surface area contributed by atoms with Gasteiger partial charge in [0.05, 0.1) is 28.1 Å². The van der Waals surface area contributed by atoms with Gasteiger partial charge in [0.25, 0.3) is 10.9 Å². The smallest absolute Gasteiger partial charge is 0.341 e. The van der Waals surface area contributed by atoms with Crippen molar-refractivity contribution < 1.29 is 33.4 Å². The third-order valence-corrected chi connectivity index (χ3v) is 8.10. The van der Waals surface area contributed by atoms with Crippen molar-refractivity contribution in [2.45, 2.75) is 30.5 Å². The molecule has 2 aromatic heterocycles. The van der Waals surface area contributed by atoms with E-state index in [4.69, 9.17) is 9.26 Å². The second-order valence-electron chi connectivity index (χ2n) is 7.99. The summed E-state index contributed by atoms with van der Waals surface area (Å²) in [6.07, 6.45) is 0.356. The molecule has 1 unspecified atom stereocenters. The molecule has 0 spiro atoms. The van der Waals surface area contributed by atoms with Crippen LogP contribution in [0.2, 0.25) is 0 Å². The van der Waals surface area contributed by atoms with Gasteiger partial charge in [-0.25, -0.2) is 4.79 Å². The van der Waals surface area contributed by atoms with Gasteiger partial charge in [-0.05, 0) is 47.5 Å². The van der Waals surface area contributed by atoms with Crippen LogP contribution in [0.15, 0.2) is 70.2 Å². The highest BCUT2D eigenvalue weighted by molar-refractivity contribution is 8.00. The molecule has 0 bridgehead atoms. The molecule has 2 heterocycles. The number of carbonyl (C=O) groups is 3. The maximum absolute atomic E-state index is 13.3. The Morgan fingerprint density at radius 3 is 2.39 bits per heavy atom. The molecule has 0 saturated carbocycles. The number of thioether (sulfide) groups is 1. The number of hydrogen-bond donors (Lipinski definition) is 2. The number of nitrogens with zero attached hydrogens (tertiary/aromatic N) is 2. The summed E-state index contributed by atoms with van der Waals surface area (Å²) in [6, 6.07) is 17.8. The van der Waals surface area contributed by atoms with Crippen molar-refractivity contribution in [3.8, 4) is 11.6 Å². The zero-order chi connectivity index (χ0) is 27.2. The topological polar surface area (TPSA) is 137 Å². The van der Waals surface area contributed by atoms with Crippen LogP contribution in [-0.2, 0) is 9.53 Å². The zero-order valence-corrected chi connectivity index (χ0v) is 22.4. The van der Waals surface area contributed by atoms with Crippen molar-refractivity contribution in [1.82, 2.24) is 5.27 Å². The molecule has 196 valence electrons. The summed E-state index contributed by atoms with van der Waals surface area (Å²) in [5, 5.41) is 21.3. The molecule has 4 rings (SSSR count). The van der Waals surface area contributed by atoms with Crippen LogP contribution < -0.4 is 20.4 Å². The first kappa shape index (κ1) is 26.9. The molecule has 2 N–H and O–H groups in total. The Bertz CT molecular complexity index is 1450. The molecule has 0 aliphatic rings. The predicted octanol–water partition coefficient (Wildman–Crippen LogP) is 3.94. The first-order valence-electron chi connectivity index (χ1n) is 11.5. The largest absolute Gasteiger partial charge is 0.538 e. The van der Waals surface area contributed by atoms with E-state index in [1.54, 1.807) is 62.4 Å². The van der Waals surface area contributed by atoms with Gasteiger partial charge in [-0.1, -0.05) is 43.3 Å². The highest BCUT2D eigenvalue weighted by Crippen LogP contribution is 2.36. The summed E-state index contributed by atoms with van der Waals surface area (Å²) >= 11 is 1.97. The van der Waals surface area contributed by atoms with E-state index in [1.807, 2.05) is 12.1 Å². The molecule has 38 heavy (non-hydrogen) atoms. The lowest BCUT2D eigenvalue weighted by Crippen LogP contribution is -2.36. The quantitative estimate of drug-likeness (QED) is 0.181. The Balaban J connectivity index is 1.60. The number of thiophene rings is 1. The Labute approximate surface area is 226 Å². The number of ether oxygens (including phenoxy) is 1. The van der Waals surface area contributed by atoms with Crippen molar-refractivity contribution in [3.05, 3.63) is 76.7 Å². The number of nitrogens with one attached hydrogen (secondary N) is 2. The van der Waals surface area contributed by atoms with Gasteiger partial charge in [0.2, 0.25) is 11.6 Å². The van der Waals surface area contributed by atoms with Gasteiger partial charge in [-0.2, -0.15) is 0 Å². The second-order valence-corrected chi connectivity index (χ2v) is 10.2. The molecule has 4 aromatic rings. The summed E-state index contributed by atoms with van der Waals surface area (Å²) in [4.78, 5) is 39.2. The van der Waals surface area contributed by atoms with Crippen molar-refractivity contribution in [3.63, 3.8) is 0 Å². The van der Waals surface area contributed by atoms with E-state index in [0.29, 0.717) is 23.4 Å². The molecule has 10 nitrogen and oxygen atoms in total. The average molecular weight is 553 g/mol. The van der Waals surface area contributed by atoms with E-state index in [2.05, 4.69) is 15.9 Å². The first-order chi connectivity index (χ1) is 18.3. The summed E-state index contributed by atoms with van der Waals surface area (Å²) in [5.74, 6) is -2.24. The van der Waals surface area contributed by atoms with Crippen LogP contribution in [0.25, 0.3) is 5.69 Å². The molecular weight excluding hydrogens is 528 g/mol. The summed E-state index contributed by atoms with van der Waals surface area (Å²) in [6.45, 7) is 3.41. The van der Waals surface area contributed by atoms with Crippen molar-refractivity contribution >= 4 is 51.6 Å². The van der Waals surface area contributed by atoms with E-state index in [-0.39, 0.29) is 20.5 Å². The van der Waals surface area contributed by atoms with Crippen molar-refractivity contribution in [2.24, 2.45) is 0 Å². The van der Waals surface area contributed by atoms with E-state index in [0.717, 1.165) is 23.1 Å². The number of benzene rings is 2. The van der Waals surface area contributed by atoms with Gasteiger partial charge in [0.1, 0.15) is 5.00 Å². The van der Waals surface area contributed by atoms with Gasteiger partial charge in [-0.3, -0.25) is 9.59 Å². The molecule has 0 aliphatic carbocycles. The minimum Gasteiger partial charge on any atom is -0.538 e. The first-order valence-corrected chi connectivity index (χ1v) is 13.2. The average Bonchev–Trinajstić information content (AvgIpc) is 3.46. The second kappa shape index (κ2) is 11.9. The number of methoxy groups -OCH3 is 1. The van der Waals surface area contributed by atoms with Gasteiger partial charge >= 0.3 is 5.97 Å². The number of esters is 1. The molecule has 1 atom stereocenters. The number of para-hydroxylation sites is 2. The van der Waals surface area contributed by atoms with E-state index in [1.165, 1.54) is 11.8 Å². The number of carbonyl (C=O) groups excluding carboxylic acids is 3. The molecule has 12 heteroatoms. The number of rotatable bonds is 9. The van der Waals surface area contributed by atoms with Crippen LogP contribution in [-0.4, -0.2) is 35.4 Å². The highest BCUT2D eigenvalue weighted by Gasteiger charge is 2.31. The fraction of sp³-hybridized carbons (Fsp3) is 0.192. The van der Waals surface area contributed by atoms with E-state index < -0.39 is 29.0 Å². The minimum absolute atomic E-state index is 0.0951. The fourth-order valence-electron chi connectivity index (χ4n) is 3.60. The van der Waals surface area contributed by atoms with Crippen LogP contribution in [0.4, 0.5) is 10.7 Å². The van der Waals surface area contributed by atoms with Crippen LogP contribution in [0.5, 0.6) is 5.95 Å². The predicted molar refractivity (Wildman–Crippen MR) is 141 cm³/mol. The summed E-state index contributed by atoms with van der Waals surface area (Å²) < 4.78 is 11.1. The van der Waals surface area contributed by atoms with Crippen molar-refractivity contribution in [2.75, 3.05) is 17.7 Å². The number of amides is 2. The molecule has 0 aliphatic heterocycles. The van der Waals surface area contributed by atoms with Crippen LogP contribution in [0, 0.1) is 6.92 Å². The Morgan fingerprint density at radius 1 is 1.11 bits per heavy atom. The van der Waals surface area contributed by atoms with Crippen LogP contribution in [0.1, 0.15) is 38.9 Å². The summed E-state index contributed by atoms with van der Waals surface area (Å²) in [7, 11) is 1.23. The Kier molecular flexibility index (Phi) is 8.44. The maximum atomic E-state index is 13.3. The molecule has 0 radical (unpaired) electrons. The molecule has 2 amide bonds. The third-order valence-electron chi connectivity index (χ3n) is 5.50. The molecular formula is C26H24N4O6S2. The standard InChI is InChI=1S/C26H24N4O6S2/c1-4-18(37-24-26(34)36-29-30(24)17-13-9-6-10-14-17)21(31)28-23-19(25(33)35-3)15(2)20(38-23)22(32)27-16-11-7-5-8-12-16/h5-14,18H,4H2,1-3H3,(H2-,27,28,29,31,32,33,34). The Hall–Kier alpha value is -4.16.